The summed E-state index contributed by atoms with van der Waals surface area (Å²) in [6.07, 6.45) is 1.60. The minimum Gasteiger partial charge on any atom is -0.353 e. The smallest absolute Gasteiger partial charge is 0.150 e. The molecule has 1 saturated heterocycles. The molecule has 3 heterocycles. The summed E-state index contributed by atoms with van der Waals surface area (Å²) in [5.41, 5.74) is 1.38. The van der Waals surface area contributed by atoms with Crippen molar-refractivity contribution in [2.75, 3.05) is 31.1 Å². The third-order valence-electron chi connectivity index (χ3n) is 4.30. The standard InChI is InChI=1S/C17H16F2N4S/c18-13-1-2-14(19)12(9-13)10-22-4-6-23(7-5-22)17-16-15(3-8-24-16)20-11-21-17/h1-3,8-9,11H,4-7,10H2. The largest absolute Gasteiger partial charge is 0.353 e. The molecule has 0 saturated carbocycles. The minimum absolute atomic E-state index is 0.352. The number of fused-ring (bicyclic) bond motifs is 1. The normalized spacial score (nSPS) is 16.0. The molecule has 0 unspecified atom stereocenters. The fourth-order valence-corrected chi connectivity index (χ4v) is 3.89. The molecule has 1 aliphatic rings. The van der Waals surface area contributed by atoms with Crippen LogP contribution in [0, 0.1) is 11.6 Å². The number of rotatable bonds is 3. The SMILES string of the molecule is Fc1ccc(F)c(CN2CCN(c3ncnc4ccsc34)CC2)c1. The van der Waals surface area contributed by atoms with Crippen molar-refractivity contribution in [3.63, 3.8) is 0 Å². The van der Waals surface area contributed by atoms with E-state index < -0.39 is 5.82 Å². The molecule has 1 aliphatic heterocycles. The molecular formula is C17H16F2N4S. The van der Waals surface area contributed by atoms with Gasteiger partial charge in [0.2, 0.25) is 0 Å². The van der Waals surface area contributed by atoms with Crippen LogP contribution in [0.2, 0.25) is 0 Å². The van der Waals surface area contributed by atoms with Gasteiger partial charge in [0.25, 0.3) is 0 Å². The van der Waals surface area contributed by atoms with E-state index in [0.29, 0.717) is 12.1 Å². The summed E-state index contributed by atoms with van der Waals surface area (Å²) in [6.45, 7) is 3.61. The zero-order chi connectivity index (χ0) is 16.5. The number of thiophene rings is 1. The average Bonchev–Trinajstić information content (AvgIpc) is 3.08. The van der Waals surface area contributed by atoms with Crippen LogP contribution in [0.15, 0.2) is 36.0 Å². The van der Waals surface area contributed by atoms with E-state index in [1.165, 1.54) is 12.1 Å². The predicted octanol–water partition coefficient (Wildman–Crippen LogP) is 3.29. The number of piperazine rings is 1. The second-order valence-electron chi connectivity index (χ2n) is 5.83. The number of benzene rings is 1. The number of hydrogen-bond acceptors (Lipinski definition) is 5. The molecule has 2 aromatic heterocycles. The maximum atomic E-state index is 13.8. The Kier molecular flexibility index (Phi) is 4.12. The summed E-state index contributed by atoms with van der Waals surface area (Å²) in [6, 6.07) is 5.61. The molecule has 7 heteroatoms. The van der Waals surface area contributed by atoms with Crippen molar-refractivity contribution in [1.29, 1.82) is 0 Å². The molecule has 0 atom stereocenters. The maximum absolute atomic E-state index is 13.8. The lowest BCUT2D eigenvalue weighted by atomic mass is 10.1. The predicted molar refractivity (Wildman–Crippen MR) is 91.3 cm³/mol. The zero-order valence-corrected chi connectivity index (χ0v) is 13.8. The lowest BCUT2D eigenvalue weighted by Crippen LogP contribution is -2.46. The average molecular weight is 346 g/mol. The van der Waals surface area contributed by atoms with E-state index in [9.17, 15) is 8.78 Å². The highest BCUT2D eigenvalue weighted by Crippen LogP contribution is 2.28. The van der Waals surface area contributed by atoms with Gasteiger partial charge in [-0.3, -0.25) is 4.90 Å². The Morgan fingerprint density at radius 3 is 2.71 bits per heavy atom. The summed E-state index contributed by atoms with van der Waals surface area (Å²) >= 11 is 1.64. The van der Waals surface area contributed by atoms with Crippen molar-refractivity contribution in [1.82, 2.24) is 14.9 Å². The van der Waals surface area contributed by atoms with Gasteiger partial charge in [-0.2, -0.15) is 0 Å². The van der Waals surface area contributed by atoms with Gasteiger partial charge in [-0.1, -0.05) is 0 Å². The maximum Gasteiger partial charge on any atom is 0.150 e. The van der Waals surface area contributed by atoms with Gasteiger partial charge in [0.05, 0.1) is 10.2 Å². The summed E-state index contributed by atoms with van der Waals surface area (Å²) in [5, 5.41) is 2.02. The zero-order valence-electron chi connectivity index (χ0n) is 13.0. The van der Waals surface area contributed by atoms with Crippen LogP contribution in [0.5, 0.6) is 0 Å². The van der Waals surface area contributed by atoms with E-state index in [1.807, 2.05) is 11.4 Å². The van der Waals surface area contributed by atoms with Crippen molar-refractivity contribution in [3.05, 3.63) is 53.2 Å². The van der Waals surface area contributed by atoms with Crippen molar-refractivity contribution in [2.24, 2.45) is 0 Å². The minimum atomic E-state index is -0.397. The summed E-state index contributed by atoms with van der Waals surface area (Å²) in [5.74, 6) is 0.215. The van der Waals surface area contributed by atoms with Crippen LogP contribution in [-0.4, -0.2) is 41.0 Å². The highest BCUT2D eigenvalue weighted by Gasteiger charge is 2.21. The van der Waals surface area contributed by atoms with Crippen LogP contribution in [0.25, 0.3) is 10.2 Å². The first-order valence-corrected chi connectivity index (χ1v) is 8.68. The lowest BCUT2D eigenvalue weighted by molar-refractivity contribution is 0.246. The van der Waals surface area contributed by atoms with Gasteiger partial charge in [-0.25, -0.2) is 18.7 Å². The number of hydrogen-bond donors (Lipinski definition) is 0. The van der Waals surface area contributed by atoms with E-state index in [1.54, 1.807) is 17.7 Å². The first-order chi connectivity index (χ1) is 11.7. The lowest BCUT2D eigenvalue weighted by Gasteiger charge is -2.35. The fraction of sp³-hybridized carbons (Fsp3) is 0.294. The van der Waals surface area contributed by atoms with Gasteiger partial charge in [0, 0.05) is 38.3 Å². The molecule has 0 amide bonds. The Bertz CT molecular complexity index is 859. The van der Waals surface area contributed by atoms with Gasteiger partial charge >= 0.3 is 0 Å². The van der Waals surface area contributed by atoms with Crippen molar-refractivity contribution in [3.8, 4) is 0 Å². The summed E-state index contributed by atoms with van der Waals surface area (Å²) in [7, 11) is 0. The van der Waals surface area contributed by atoms with Crippen molar-refractivity contribution < 1.29 is 8.78 Å². The Hall–Kier alpha value is -2.12. The highest BCUT2D eigenvalue weighted by atomic mass is 32.1. The van der Waals surface area contributed by atoms with Crippen molar-refractivity contribution >= 4 is 27.4 Å². The molecule has 0 bridgehead atoms. The Balaban J connectivity index is 1.45. The highest BCUT2D eigenvalue weighted by molar-refractivity contribution is 7.17. The van der Waals surface area contributed by atoms with Crippen LogP contribution in [-0.2, 0) is 6.54 Å². The molecule has 0 N–H and O–H groups in total. The Labute approximate surface area is 142 Å². The first-order valence-electron chi connectivity index (χ1n) is 7.80. The number of anilines is 1. The second-order valence-corrected chi connectivity index (χ2v) is 6.75. The van der Waals surface area contributed by atoms with Gasteiger partial charge in [-0.05, 0) is 29.6 Å². The van der Waals surface area contributed by atoms with E-state index >= 15 is 0 Å². The van der Waals surface area contributed by atoms with Crippen LogP contribution < -0.4 is 4.90 Å². The fourth-order valence-electron chi connectivity index (χ4n) is 3.02. The molecule has 0 spiro atoms. The Morgan fingerprint density at radius 2 is 1.88 bits per heavy atom. The topological polar surface area (TPSA) is 32.3 Å². The van der Waals surface area contributed by atoms with Gasteiger partial charge in [0.1, 0.15) is 23.8 Å². The molecular weight excluding hydrogens is 330 g/mol. The van der Waals surface area contributed by atoms with Crippen molar-refractivity contribution in [2.45, 2.75) is 6.54 Å². The monoisotopic (exact) mass is 346 g/mol. The first kappa shape index (κ1) is 15.4. The van der Waals surface area contributed by atoms with Crippen LogP contribution in [0.3, 0.4) is 0 Å². The van der Waals surface area contributed by atoms with E-state index in [2.05, 4.69) is 19.8 Å². The van der Waals surface area contributed by atoms with Gasteiger partial charge < -0.3 is 4.90 Å². The molecule has 124 valence electrons. The van der Waals surface area contributed by atoms with Gasteiger partial charge in [0.15, 0.2) is 0 Å². The molecule has 3 aromatic rings. The molecule has 1 aromatic carbocycles. The van der Waals surface area contributed by atoms with E-state index in [4.69, 9.17) is 0 Å². The summed E-state index contributed by atoms with van der Waals surface area (Å²) < 4.78 is 28.2. The molecule has 24 heavy (non-hydrogen) atoms. The number of aromatic nitrogens is 2. The third kappa shape index (κ3) is 2.97. The molecule has 4 rings (SSSR count). The molecule has 0 aliphatic carbocycles. The van der Waals surface area contributed by atoms with Crippen LogP contribution in [0.1, 0.15) is 5.56 Å². The van der Waals surface area contributed by atoms with E-state index in [0.717, 1.165) is 48.3 Å². The molecule has 1 fully saturated rings. The quantitative estimate of drug-likeness (QED) is 0.728. The third-order valence-corrected chi connectivity index (χ3v) is 5.20. The summed E-state index contributed by atoms with van der Waals surface area (Å²) in [4.78, 5) is 13.1. The molecule has 0 radical (unpaired) electrons. The van der Waals surface area contributed by atoms with Crippen LogP contribution in [0.4, 0.5) is 14.6 Å². The number of halogens is 2. The van der Waals surface area contributed by atoms with Crippen LogP contribution >= 0.6 is 11.3 Å². The molecule has 4 nitrogen and oxygen atoms in total. The van der Waals surface area contributed by atoms with Gasteiger partial charge in [-0.15, -0.1) is 11.3 Å². The Morgan fingerprint density at radius 1 is 1.04 bits per heavy atom. The van der Waals surface area contributed by atoms with E-state index in [-0.39, 0.29) is 5.82 Å². The second kappa shape index (κ2) is 6.41. The number of nitrogens with zero attached hydrogens (tertiary/aromatic N) is 4.